The van der Waals surface area contributed by atoms with Gasteiger partial charge < -0.3 is 25.4 Å². The molecule has 0 saturated carbocycles. The molecule has 0 bridgehead atoms. The zero-order valence-corrected chi connectivity index (χ0v) is 7.52. The highest BCUT2D eigenvalue weighted by Gasteiger charge is 2.30. The van der Waals surface area contributed by atoms with Gasteiger partial charge in [-0.15, -0.1) is 0 Å². The molecule has 1 rings (SSSR count). The van der Waals surface area contributed by atoms with Crippen molar-refractivity contribution in [3.8, 4) is 0 Å². The molecule has 1 aliphatic rings. The molecule has 5 nitrogen and oxygen atoms in total. The molecular formula is C8H17NO4. The highest BCUT2D eigenvalue weighted by Crippen LogP contribution is 2.13. The van der Waals surface area contributed by atoms with Gasteiger partial charge in [-0.3, -0.25) is 0 Å². The van der Waals surface area contributed by atoms with Gasteiger partial charge in [-0.25, -0.2) is 0 Å². The van der Waals surface area contributed by atoms with E-state index in [9.17, 15) is 10.2 Å². The summed E-state index contributed by atoms with van der Waals surface area (Å²) in [6.45, 7) is 1.47. The first kappa shape index (κ1) is 10.9. The second-order valence-electron chi connectivity index (χ2n) is 3.18. The maximum Gasteiger partial charge on any atom is 0.107 e. The van der Waals surface area contributed by atoms with Crippen molar-refractivity contribution in [1.29, 1.82) is 0 Å². The summed E-state index contributed by atoms with van der Waals surface area (Å²) in [6.07, 6.45) is -1.39. The number of aliphatic hydroxyl groups is 3. The Kier molecular flexibility index (Phi) is 4.61. The Morgan fingerprint density at radius 1 is 1.38 bits per heavy atom. The fourth-order valence-electron chi connectivity index (χ4n) is 1.36. The first-order valence-electron chi connectivity index (χ1n) is 4.55. The molecule has 1 fully saturated rings. The van der Waals surface area contributed by atoms with Gasteiger partial charge >= 0.3 is 0 Å². The quantitative estimate of drug-likeness (QED) is 0.389. The average molecular weight is 191 g/mol. The van der Waals surface area contributed by atoms with Crippen LogP contribution in [0.4, 0.5) is 0 Å². The summed E-state index contributed by atoms with van der Waals surface area (Å²) in [6, 6.07) is 0. The summed E-state index contributed by atoms with van der Waals surface area (Å²) >= 11 is 0. The van der Waals surface area contributed by atoms with Crippen molar-refractivity contribution in [3.05, 3.63) is 0 Å². The standard InChI is InChI=1S/C8H17NO4/c10-3-2-9-5-7-8(12)6(11)1-4-13-7/h6-12H,1-5H2/t6?,7?,8-/m0/s1. The van der Waals surface area contributed by atoms with Crippen LogP contribution in [0.25, 0.3) is 0 Å². The van der Waals surface area contributed by atoms with Crippen LogP contribution in [-0.4, -0.2) is 59.9 Å². The van der Waals surface area contributed by atoms with Gasteiger partial charge in [0.05, 0.1) is 18.8 Å². The van der Waals surface area contributed by atoms with Gasteiger partial charge in [0.2, 0.25) is 0 Å². The molecule has 5 heteroatoms. The first-order valence-corrected chi connectivity index (χ1v) is 4.55. The normalized spacial score (nSPS) is 34.8. The molecular weight excluding hydrogens is 174 g/mol. The Morgan fingerprint density at radius 2 is 2.15 bits per heavy atom. The minimum absolute atomic E-state index is 0.0609. The third kappa shape index (κ3) is 3.21. The average Bonchev–Trinajstić information content (AvgIpc) is 2.13. The lowest BCUT2D eigenvalue weighted by molar-refractivity contribution is -0.132. The second kappa shape index (κ2) is 5.51. The van der Waals surface area contributed by atoms with Crippen LogP contribution in [0, 0.1) is 0 Å². The van der Waals surface area contributed by atoms with E-state index in [1.807, 2.05) is 0 Å². The van der Waals surface area contributed by atoms with Crippen molar-refractivity contribution in [2.45, 2.75) is 24.7 Å². The molecule has 1 saturated heterocycles. The first-order chi connectivity index (χ1) is 6.25. The van der Waals surface area contributed by atoms with Gasteiger partial charge in [0, 0.05) is 19.7 Å². The minimum atomic E-state index is -0.819. The monoisotopic (exact) mass is 191 g/mol. The molecule has 0 aliphatic carbocycles. The lowest BCUT2D eigenvalue weighted by Crippen LogP contribution is -2.49. The van der Waals surface area contributed by atoms with E-state index < -0.39 is 12.2 Å². The van der Waals surface area contributed by atoms with Crippen LogP contribution in [0.2, 0.25) is 0 Å². The summed E-state index contributed by atoms with van der Waals surface area (Å²) in [5.41, 5.74) is 0. The summed E-state index contributed by atoms with van der Waals surface area (Å²) in [5.74, 6) is 0. The van der Waals surface area contributed by atoms with Gasteiger partial charge in [-0.05, 0) is 6.42 Å². The van der Waals surface area contributed by atoms with E-state index in [1.54, 1.807) is 0 Å². The zero-order valence-electron chi connectivity index (χ0n) is 7.52. The number of ether oxygens (including phenoxy) is 1. The molecule has 0 aromatic carbocycles. The van der Waals surface area contributed by atoms with Crippen molar-refractivity contribution >= 4 is 0 Å². The number of hydrogen-bond donors (Lipinski definition) is 4. The Hall–Kier alpha value is -0.200. The molecule has 0 amide bonds. The maximum atomic E-state index is 9.46. The summed E-state index contributed by atoms with van der Waals surface area (Å²) in [7, 11) is 0. The molecule has 0 radical (unpaired) electrons. The second-order valence-corrected chi connectivity index (χ2v) is 3.18. The highest BCUT2D eigenvalue weighted by atomic mass is 16.5. The number of hydrogen-bond acceptors (Lipinski definition) is 5. The molecule has 0 aromatic rings. The zero-order chi connectivity index (χ0) is 9.68. The van der Waals surface area contributed by atoms with Crippen molar-refractivity contribution in [2.24, 2.45) is 0 Å². The predicted molar refractivity (Wildman–Crippen MR) is 46.3 cm³/mol. The number of rotatable bonds is 4. The Morgan fingerprint density at radius 3 is 2.85 bits per heavy atom. The summed E-state index contributed by atoms with van der Waals surface area (Å²) in [5, 5.41) is 30.2. The van der Waals surface area contributed by atoms with E-state index in [0.717, 1.165) is 0 Å². The van der Waals surface area contributed by atoms with Gasteiger partial charge in [-0.2, -0.15) is 0 Å². The molecule has 2 unspecified atom stereocenters. The third-order valence-electron chi connectivity index (χ3n) is 2.15. The minimum Gasteiger partial charge on any atom is -0.395 e. The smallest absolute Gasteiger partial charge is 0.107 e. The summed E-state index contributed by atoms with van der Waals surface area (Å²) < 4.78 is 5.25. The Bertz CT molecular complexity index is 144. The maximum absolute atomic E-state index is 9.46. The Labute approximate surface area is 77.3 Å². The fourth-order valence-corrected chi connectivity index (χ4v) is 1.36. The van der Waals surface area contributed by atoms with E-state index in [0.29, 0.717) is 26.1 Å². The van der Waals surface area contributed by atoms with Crippen LogP contribution in [0.5, 0.6) is 0 Å². The van der Waals surface area contributed by atoms with Crippen molar-refractivity contribution in [3.63, 3.8) is 0 Å². The third-order valence-corrected chi connectivity index (χ3v) is 2.15. The van der Waals surface area contributed by atoms with Gasteiger partial charge in [0.15, 0.2) is 0 Å². The lowest BCUT2D eigenvalue weighted by Gasteiger charge is -2.32. The van der Waals surface area contributed by atoms with E-state index in [4.69, 9.17) is 9.84 Å². The molecule has 78 valence electrons. The number of nitrogens with one attached hydrogen (secondary N) is 1. The fraction of sp³-hybridized carbons (Fsp3) is 1.00. The van der Waals surface area contributed by atoms with Crippen LogP contribution in [-0.2, 0) is 4.74 Å². The van der Waals surface area contributed by atoms with Gasteiger partial charge in [-0.1, -0.05) is 0 Å². The SMILES string of the molecule is OCCNCC1OCCC(O)[C@@H]1O. The van der Waals surface area contributed by atoms with Gasteiger partial charge in [0.25, 0.3) is 0 Å². The van der Waals surface area contributed by atoms with Gasteiger partial charge in [0.1, 0.15) is 6.10 Å². The molecule has 0 aromatic heterocycles. The molecule has 4 N–H and O–H groups in total. The largest absolute Gasteiger partial charge is 0.395 e. The number of aliphatic hydroxyl groups excluding tert-OH is 3. The van der Waals surface area contributed by atoms with Crippen molar-refractivity contribution in [1.82, 2.24) is 5.32 Å². The highest BCUT2D eigenvalue weighted by molar-refractivity contribution is 4.82. The molecule has 13 heavy (non-hydrogen) atoms. The topological polar surface area (TPSA) is 82.0 Å². The predicted octanol–water partition coefficient (Wildman–Crippen LogP) is -1.92. The van der Waals surface area contributed by atoms with E-state index in [-0.39, 0.29) is 12.7 Å². The van der Waals surface area contributed by atoms with Crippen LogP contribution in [0.3, 0.4) is 0 Å². The molecule has 3 atom stereocenters. The van der Waals surface area contributed by atoms with Crippen LogP contribution in [0.15, 0.2) is 0 Å². The summed E-state index contributed by atoms with van der Waals surface area (Å²) in [4.78, 5) is 0. The molecule has 1 aliphatic heterocycles. The van der Waals surface area contributed by atoms with E-state index in [2.05, 4.69) is 5.32 Å². The van der Waals surface area contributed by atoms with E-state index in [1.165, 1.54) is 0 Å². The van der Waals surface area contributed by atoms with Crippen LogP contribution >= 0.6 is 0 Å². The van der Waals surface area contributed by atoms with Crippen molar-refractivity contribution < 1.29 is 20.1 Å². The lowest BCUT2D eigenvalue weighted by atomic mass is 10.0. The Balaban J connectivity index is 2.23. The van der Waals surface area contributed by atoms with E-state index >= 15 is 0 Å². The van der Waals surface area contributed by atoms with Crippen molar-refractivity contribution in [2.75, 3.05) is 26.3 Å². The molecule has 1 heterocycles. The molecule has 0 spiro atoms. The van der Waals surface area contributed by atoms with Crippen LogP contribution in [0.1, 0.15) is 6.42 Å². The van der Waals surface area contributed by atoms with Crippen LogP contribution < -0.4 is 5.32 Å².